The highest BCUT2D eigenvalue weighted by molar-refractivity contribution is 5.92. The fourth-order valence-electron chi connectivity index (χ4n) is 1.86. The van der Waals surface area contributed by atoms with Gasteiger partial charge in [0.2, 0.25) is 0 Å². The van der Waals surface area contributed by atoms with E-state index in [9.17, 15) is 0 Å². The van der Waals surface area contributed by atoms with Crippen molar-refractivity contribution in [2.45, 2.75) is 13.5 Å². The van der Waals surface area contributed by atoms with Gasteiger partial charge in [0.1, 0.15) is 5.75 Å². The van der Waals surface area contributed by atoms with Crippen LogP contribution in [0.4, 0.5) is 0 Å². The number of methoxy groups -OCH3 is 1. The summed E-state index contributed by atoms with van der Waals surface area (Å²) in [6, 6.07) is 5.96. The Morgan fingerprint density at radius 2 is 2.13 bits per heavy atom. The second kappa shape index (κ2) is 3.87. The summed E-state index contributed by atoms with van der Waals surface area (Å²) >= 11 is 0. The number of hydrogen-bond acceptors (Lipinski definition) is 3. The fourth-order valence-corrected chi connectivity index (χ4v) is 1.86. The van der Waals surface area contributed by atoms with Crippen molar-refractivity contribution in [3.8, 4) is 5.75 Å². The maximum Gasteiger partial charge on any atom is 0.126 e. The number of fused-ring (bicyclic) bond motifs is 1. The Hall–Kier alpha value is -1.61. The maximum absolute atomic E-state index is 5.67. The zero-order chi connectivity index (χ0) is 10.8. The van der Waals surface area contributed by atoms with Crippen molar-refractivity contribution in [1.82, 2.24) is 4.98 Å². The van der Waals surface area contributed by atoms with Crippen molar-refractivity contribution in [3.05, 3.63) is 35.7 Å². The lowest BCUT2D eigenvalue weighted by Crippen LogP contribution is -2.01. The van der Waals surface area contributed by atoms with Gasteiger partial charge in [-0.2, -0.15) is 0 Å². The van der Waals surface area contributed by atoms with Crippen LogP contribution in [0.25, 0.3) is 10.8 Å². The largest absolute Gasteiger partial charge is 0.496 e. The van der Waals surface area contributed by atoms with E-state index in [1.54, 1.807) is 13.3 Å². The van der Waals surface area contributed by atoms with Crippen LogP contribution in [0, 0.1) is 6.92 Å². The van der Waals surface area contributed by atoms with Gasteiger partial charge in [-0.3, -0.25) is 4.98 Å². The first-order valence-corrected chi connectivity index (χ1v) is 4.89. The molecule has 2 aromatic rings. The molecule has 1 aromatic carbocycles. The molecule has 0 aliphatic rings. The lowest BCUT2D eigenvalue weighted by Gasteiger charge is -2.10. The van der Waals surface area contributed by atoms with Crippen LogP contribution >= 0.6 is 0 Å². The third-order valence-electron chi connectivity index (χ3n) is 2.59. The van der Waals surface area contributed by atoms with Crippen molar-refractivity contribution >= 4 is 10.8 Å². The predicted octanol–water partition coefficient (Wildman–Crippen LogP) is 2.01. The Bertz CT molecular complexity index is 494. The molecule has 1 aromatic heterocycles. The monoisotopic (exact) mass is 202 g/mol. The number of aryl methyl sites for hydroxylation is 1. The molecule has 0 saturated carbocycles. The Kier molecular flexibility index (Phi) is 2.56. The minimum absolute atomic E-state index is 0.450. The fraction of sp³-hybridized carbons (Fsp3) is 0.250. The number of ether oxygens (including phenoxy) is 1. The Morgan fingerprint density at radius 1 is 1.33 bits per heavy atom. The summed E-state index contributed by atoms with van der Waals surface area (Å²) in [7, 11) is 1.67. The maximum atomic E-state index is 5.67. The summed E-state index contributed by atoms with van der Waals surface area (Å²) in [6.45, 7) is 2.51. The van der Waals surface area contributed by atoms with Gasteiger partial charge in [-0.05, 0) is 24.6 Å². The molecule has 2 rings (SSSR count). The first-order chi connectivity index (χ1) is 7.27. The molecule has 78 valence electrons. The van der Waals surface area contributed by atoms with E-state index in [0.29, 0.717) is 6.54 Å². The summed E-state index contributed by atoms with van der Waals surface area (Å²) in [4.78, 5) is 4.28. The quantitative estimate of drug-likeness (QED) is 0.810. The lowest BCUT2D eigenvalue weighted by molar-refractivity contribution is 0.419. The second-order valence-electron chi connectivity index (χ2n) is 3.47. The van der Waals surface area contributed by atoms with Gasteiger partial charge in [-0.15, -0.1) is 0 Å². The van der Waals surface area contributed by atoms with Crippen LogP contribution in [0.3, 0.4) is 0 Å². The average molecular weight is 202 g/mol. The first kappa shape index (κ1) is 9.93. The molecule has 0 aliphatic heterocycles. The van der Waals surface area contributed by atoms with Crippen molar-refractivity contribution in [3.63, 3.8) is 0 Å². The highest BCUT2D eigenvalue weighted by Gasteiger charge is 2.07. The van der Waals surface area contributed by atoms with E-state index >= 15 is 0 Å². The molecular weight excluding hydrogens is 188 g/mol. The molecular formula is C12H14N2O. The first-order valence-electron chi connectivity index (χ1n) is 4.89. The number of pyridine rings is 1. The van der Waals surface area contributed by atoms with Gasteiger partial charge < -0.3 is 10.5 Å². The van der Waals surface area contributed by atoms with E-state index < -0.39 is 0 Å². The van der Waals surface area contributed by atoms with Gasteiger partial charge in [-0.1, -0.05) is 6.07 Å². The van der Waals surface area contributed by atoms with Crippen molar-refractivity contribution < 1.29 is 4.74 Å². The Balaban J connectivity index is 2.86. The van der Waals surface area contributed by atoms with Crippen LogP contribution in [-0.4, -0.2) is 12.1 Å². The minimum Gasteiger partial charge on any atom is -0.496 e. The van der Waals surface area contributed by atoms with Gasteiger partial charge in [0.05, 0.1) is 12.8 Å². The zero-order valence-electron chi connectivity index (χ0n) is 8.95. The Morgan fingerprint density at radius 3 is 2.80 bits per heavy atom. The smallest absolute Gasteiger partial charge is 0.126 e. The van der Waals surface area contributed by atoms with Gasteiger partial charge in [0.15, 0.2) is 0 Å². The van der Waals surface area contributed by atoms with E-state index in [1.165, 1.54) is 5.56 Å². The van der Waals surface area contributed by atoms with Crippen molar-refractivity contribution in [2.24, 2.45) is 5.73 Å². The molecule has 0 spiro atoms. The molecule has 3 nitrogen and oxygen atoms in total. The van der Waals surface area contributed by atoms with E-state index in [1.807, 2.05) is 18.2 Å². The summed E-state index contributed by atoms with van der Waals surface area (Å²) in [5, 5.41) is 2.19. The number of benzene rings is 1. The van der Waals surface area contributed by atoms with E-state index in [-0.39, 0.29) is 0 Å². The third-order valence-corrected chi connectivity index (χ3v) is 2.59. The van der Waals surface area contributed by atoms with Crippen LogP contribution in [-0.2, 0) is 6.54 Å². The topological polar surface area (TPSA) is 48.1 Å². The third kappa shape index (κ3) is 1.55. The molecule has 0 fully saturated rings. The summed E-state index contributed by atoms with van der Waals surface area (Å²) < 4.78 is 5.31. The number of aromatic nitrogens is 1. The predicted molar refractivity (Wildman–Crippen MR) is 60.9 cm³/mol. The molecule has 1 heterocycles. The molecule has 0 aliphatic carbocycles. The molecule has 0 saturated heterocycles. The zero-order valence-corrected chi connectivity index (χ0v) is 8.95. The van der Waals surface area contributed by atoms with E-state index in [4.69, 9.17) is 10.5 Å². The molecule has 0 amide bonds. The highest BCUT2D eigenvalue weighted by atomic mass is 16.5. The van der Waals surface area contributed by atoms with Crippen LogP contribution in [0.2, 0.25) is 0 Å². The van der Waals surface area contributed by atoms with Crippen LogP contribution < -0.4 is 10.5 Å². The summed E-state index contributed by atoms with van der Waals surface area (Å²) in [5.74, 6) is 0.868. The Labute approximate surface area is 88.9 Å². The standard InChI is InChI=1S/C12H14N2O/c1-8-3-4-11(15-2)9-5-6-14-10(7-13)12(8)9/h3-6H,7,13H2,1-2H3. The molecule has 15 heavy (non-hydrogen) atoms. The van der Waals surface area contributed by atoms with Crippen molar-refractivity contribution in [2.75, 3.05) is 7.11 Å². The summed E-state index contributed by atoms with van der Waals surface area (Å²) in [5.41, 5.74) is 7.77. The molecule has 0 bridgehead atoms. The SMILES string of the molecule is COc1ccc(C)c2c(CN)nccc12. The van der Waals surface area contributed by atoms with Crippen LogP contribution in [0.5, 0.6) is 5.75 Å². The van der Waals surface area contributed by atoms with E-state index in [2.05, 4.69) is 11.9 Å². The van der Waals surface area contributed by atoms with Gasteiger partial charge in [0, 0.05) is 23.5 Å². The number of nitrogens with two attached hydrogens (primary N) is 1. The lowest BCUT2D eigenvalue weighted by atomic mass is 10.0. The average Bonchev–Trinajstić information content (AvgIpc) is 2.29. The normalized spacial score (nSPS) is 10.6. The van der Waals surface area contributed by atoms with Gasteiger partial charge in [-0.25, -0.2) is 0 Å². The van der Waals surface area contributed by atoms with Gasteiger partial charge >= 0.3 is 0 Å². The number of nitrogens with zero attached hydrogens (tertiary/aromatic N) is 1. The van der Waals surface area contributed by atoms with E-state index in [0.717, 1.165) is 22.2 Å². The van der Waals surface area contributed by atoms with Crippen LogP contribution in [0.15, 0.2) is 24.4 Å². The number of rotatable bonds is 2. The molecule has 2 N–H and O–H groups in total. The second-order valence-corrected chi connectivity index (χ2v) is 3.47. The van der Waals surface area contributed by atoms with Crippen molar-refractivity contribution in [1.29, 1.82) is 0 Å². The number of hydrogen-bond donors (Lipinski definition) is 1. The highest BCUT2D eigenvalue weighted by Crippen LogP contribution is 2.29. The molecule has 0 radical (unpaired) electrons. The molecule has 0 atom stereocenters. The molecule has 3 heteroatoms. The minimum atomic E-state index is 0.450. The summed E-state index contributed by atoms with van der Waals surface area (Å²) in [6.07, 6.45) is 1.77. The molecule has 0 unspecified atom stereocenters. The van der Waals surface area contributed by atoms with Gasteiger partial charge in [0.25, 0.3) is 0 Å². The van der Waals surface area contributed by atoms with Crippen LogP contribution in [0.1, 0.15) is 11.3 Å².